The predicted octanol–water partition coefficient (Wildman–Crippen LogP) is 3.34. The van der Waals surface area contributed by atoms with Crippen molar-refractivity contribution in [1.82, 2.24) is 10.2 Å². The Morgan fingerprint density at radius 3 is 2.86 bits per heavy atom. The van der Waals surface area contributed by atoms with Gasteiger partial charge in [-0.15, -0.1) is 0 Å². The van der Waals surface area contributed by atoms with E-state index in [1.165, 1.54) is 10.0 Å². The number of benzene rings is 1. The molecule has 0 saturated carbocycles. The summed E-state index contributed by atoms with van der Waals surface area (Å²) in [5, 5.41) is 13.8. The Hall–Kier alpha value is -0.420. The summed E-state index contributed by atoms with van der Waals surface area (Å²) in [6, 6.07) is 8.79. The topological polar surface area (TPSA) is 35.5 Å². The largest absolute Gasteiger partial charge is 0.389 e. The van der Waals surface area contributed by atoms with E-state index in [0.717, 1.165) is 45.4 Å². The molecule has 1 aliphatic heterocycles. The van der Waals surface area contributed by atoms with Crippen molar-refractivity contribution in [3.63, 3.8) is 0 Å². The maximum absolute atomic E-state index is 10.2. The zero-order valence-electron chi connectivity index (χ0n) is 13.1. The van der Waals surface area contributed by atoms with E-state index >= 15 is 0 Å². The second-order valence-corrected chi connectivity index (χ2v) is 7.15. The van der Waals surface area contributed by atoms with Crippen LogP contribution in [0.15, 0.2) is 28.7 Å². The predicted molar refractivity (Wildman–Crippen MR) is 91.5 cm³/mol. The maximum Gasteiger partial charge on any atom is 0.0746 e. The van der Waals surface area contributed by atoms with Crippen LogP contribution in [-0.2, 0) is 0 Å². The minimum Gasteiger partial charge on any atom is -0.389 e. The van der Waals surface area contributed by atoms with Crippen LogP contribution in [0.5, 0.6) is 0 Å². The molecule has 0 aromatic heterocycles. The highest BCUT2D eigenvalue weighted by atomic mass is 79.9. The standard InChI is InChI=1S/C17H27BrN2O/c1-3-19-16(14-7-4-5-8-15(14)18)9-12-20-11-6-10-17(2,21)13-20/h4-5,7-8,16,19,21H,3,6,9-13H2,1-2H3. The molecule has 1 heterocycles. The van der Waals surface area contributed by atoms with Crippen LogP contribution in [-0.4, -0.2) is 41.8 Å². The molecule has 0 bridgehead atoms. The van der Waals surface area contributed by atoms with Gasteiger partial charge in [-0.2, -0.15) is 0 Å². The lowest BCUT2D eigenvalue weighted by molar-refractivity contribution is -0.0163. The van der Waals surface area contributed by atoms with E-state index in [9.17, 15) is 5.11 Å². The van der Waals surface area contributed by atoms with E-state index in [2.05, 4.69) is 57.3 Å². The number of piperidine rings is 1. The molecule has 1 aromatic rings. The first-order chi connectivity index (χ1) is 10.0. The van der Waals surface area contributed by atoms with Gasteiger partial charge in [0.1, 0.15) is 0 Å². The lowest BCUT2D eigenvalue weighted by Gasteiger charge is -2.37. The van der Waals surface area contributed by atoms with Gasteiger partial charge in [0.05, 0.1) is 5.60 Å². The van der Waals surface area contributed by atoms with Crippen molar-refractivity contribution in [2.24, 2.45) is 0 Å². The number of nitrogens with zero attached hydrogens (tertiary/aromatic N) is 1. The number of halogens is 1. The van der Waals surface area contributed by atoms with Crippen molar-refractivity contribution < 1.29 is 5.11 Å². The third kappa shape index (κ3) is 5.06. The quantitative estimate of drug-likeness (QED) is 0.822. The molecule has 0 spiro atoms. The average Bonchev–Trinajstić information content (AvgIpc) is 2.43. The third-order valence-electron chi connectivity index (χ3n) is 4.22. The maximum atomic E-state index is 10.2. The van der Waals surface area contributed by atoms with E-state index < -0.39 is 5.60 Å². The van der Waals surface area contributed by atoms with Crippen molar-refractivity contribution in [3.05, 3.63) is 34.3 Å². The second-order valence-electron chi connectivity index (χ2n) is 6.30. The molecule has 4 heteroatoms. The minimum atomic E-state index is -0.515. The number of likely N-dealkylation sites (tertiary alicyclic amines) is 1. The fourth-order valence-corrected chi connectivity index (χ4v) is 3.76. The fourth-order valence-electron chi connectivity index (χ4n) is 3.20. The SMILES string of the molecule is CCNC(CCN1CCCC(C)(O)C1)c1ccccc1Br. The Kier molecular flexibility index (Phi) is 6.23. The van der Waals surface area contributed by atoms with Crippen LogP contribution in [0.2, 0.25) is 0 Å². The van der Waals surface area contributed by atoms with E-state index in [4.69, 9.17) is 0 Å². The van der Waals surface area contributed by atoms with E-state index in [1.54, 1.807) is 0 Å². The molecule has 2 unspecified atom stereocenters. The summed E-state index contributed by atoms with van der Waals surface area (Å²) in [7, 11) is 0. The van der Waals surface area contributed by atoms with Gasteiger partial charge in [-0.25, -0.2) is 0 Å². The molecular weight excluding hydrogens is 328 g/mol. The number of hydrogen-bond donors (Lipinski definition) is 2. The first-order valence-corrected chi connectivity index (χ1v) is 8.73. The van der Waals surface area contributed by atoms with Crippen LogP contribution >= 0.6 is 15.9 Å². The summed E-state index contributed by atoms with van der Waals surface area (Å²) >= 11 is 3.66. The van der Waals surface area contributed by atoms with Crippen LogP contribution in [0.25, 0.3) is 0 Å². The van der Waals surface area contributed by atoms with Gasteiger partial charge in [-0.1, -0.05) is 41.1 Å². The average molecular weight is 355 g/mol. The number of hydrogen-bond acceptors (Lipinski definition) is 3. The zero-order chi connectivity index (χ0) is 15.3. The summed E-state index contributed by atoms with van der Waals surface area (Å²) in [6.07, 6.45) is 3.07. The Morgan fingerprint density at radius 2 is 2.19 bits per heavy atom. The Balaban J connectivity index is 1.96. The highest BCUT2D eigenvalue weighted by Crippen LogP contribution is 2.27. The molecule has 1 saturated heterocycles. The van der Waals surface area contributed by atoms with Crippen molar-refractivity contribution in [3.8, 4) is 0 Å². The fraction of sp³-hybridized carbons (Fsp3) is 0.647. The van der Waals surface area contributed by atoms with Gasteiger partial charge in [-0.05, 0) is 50.9 Å². The highest BCUT2D eigenvalue weighted by molar-refractivity contribution is 9.10. The molecule has 118 valence electrons. The molecule has 21 heavy (non-hydrogen) atoms. The first-order valence-electron chi connectivity index (χ1n) is 7.94. The van der Waals surface area contributed by atoms with E-state index in [-0.39, 0.29) is 0 Å². The first kappa shape index (κ1) is 16.9. The summed E-state index contributed by atoms with van der Waals surface area (Å²) in [4.78, 5) is 2.39. The molecule has 0 radical (unpaired) electrons. The molecule has 2 atom stereocenters. The smallest absolute Gasteiger partial charge is 0.0746 e. The van der Waals surface area contributed by atoms with E-state index in [0.29, 0.717) is 6.04 Å². The molecule has 1 aromatic carbocycles. The van der Waals surface area contributed by atoms with Gasteiger partial charge in [0.2, 0.25) is 0 Å². The Morgan fingerprint density at radius 1 is 1.43 bits per heavy atom. The number of nitrogens with one attached hydrogen (secondary N) is 1. The number of rotatable bonds is 6. The van der Waals surface area contributed by atoms with Gasteiger partial charge in [0.25, 0.3) is 0 Å². The molecule has 2 rings (SSSR count). The Bertz CT molecular complexity index is 450. The number of β-amino-alcohol motifs (C(OH)–C–C–N with tert-alkyl or cyclic N) is 1. The summed E-state index contributed by atoms with van der Waals surface area (Å²) in [5.74, 6) is 0. The highest BCUT2D eigenvalue weighted by Gasteiger charge is 2.28. The summed E-state index contributed by atoms with van der Waals surface area (Å²) in [6.45, 7) is 7.98. The molecule has 0 amide bonds. The normalized spacial score (nSPS) is 25.0. The monoisotopic (exact) mass is 354 g/mol. The van der Waals surface area contributed by atoms with Crippen molar-refractivity contribution in [2.75, 3.05) is 26.2 Å². The van der Waals surface area contributed by atoms with Crippen LogP contribution in [0.1, 0.15) is 44.7 Å². The molecule has 3 nitrogen and oxygen atoms in total. The molecular formula is C17H27BrN2O. The zero-order valence-corrected chi connectivity index (χ0v) is 14.7. The molecule has 2 N–H and O–H groups in total. The van der Waals surface area contributed by atoms with Crippen molar-refractivity contribution >= 4 is 15.9 Å². The summed E-state index contributed by atoms with van der Waals surface area (Å²) < 4.78 is 1.17. The van der Waals surface area contributed by atoms with Gasteiger partial charge in [-0.3, -0.25) is 0 Å². The van der Waals surface area contributed by atoms with Gasteiger partial charge in [0, 0.05) is 23.6 Å². The van der Waals surface area contributed by atoms with Crippen LogP contribution < -0.4 is 5.32 Å². The lowest BCUT2D eigenvalue weighted by Crippen LogP contribution is -2.46. The van der Waals surface area contributed by atoms with Crippen LogP contribution in [0, 0.1) is 0 Å². The molecule has 1 fully saturated rings. The number of aliphatic hydroxyl groups is 1. The van der Waals surface area contributed by atoms with Crippen molar-refractivity contribution in [1.29, 1.82) is 0 Å². The van der Waals surface area contributed by atoms with Gasteiger partial charge in [0.15, 0.2) is 0 Å². The van der Waals surface area contributed by atoms with Crippen LogP contribution in [0.4, 0.5) is 0 Å². The Labute approximate surface area is 136 Å². The third-order valence-corrected chi connectivity index (χ3v) is 4.94. The lowest BCUT2D eigenvalue weighted by atomic mass is 9.94. The van der Waals surface area contributed by atoms with Crippen LogP contribution in [0.3, 0.4) is 0 Å². The molecule has 0 aliphatic carbocycles. The van der Waals surface area contributed by atoms with E-state index in [1.807, 2.05) is 6.92 Å². The van der Waals surface area contributed by atoms with Gasteiger partial charge >= 0.3 is 0 Å². The second kappa shape index (κ2) is 7.73. The van der Waals surface area contributed by atoms with Crippen molar-refractivity contribution in [2.45, 2.75) is 44.8 Å². The summed E-state index contributed by atoms with van der Waals surface area (Å²) in [5.41, 5.74) is 0.808. The van der Waals surface area contributed by atoms with Gasteiger partial charge < -0.3 is 15.3 Å². The molecule has 1 aliphatic rings. The minimum absolute atomic E-state index is 0.359.